The van der Waals surface area contributed by atoms with Crippen LogP contribution >= 0.6 is 0 Å². The Morgan fingerprint density at radius 1 is 1.38 bits per heavy atom. The van der Waals surface area contributed by atoms with Gasteiger partial charge in [0.15, 0.2) is 0 Å². The Labute approximate surface area is 125 Å². The molecule has 0 saturated carbocycles. The molecule has 0 aromatic carbocycles. The number of aromatic nitrogens is 2. The van der Waals surface area contributed by atoms with Crippen molar-refractivity contribution in [2.75, 3.05) is 13.1 Å². The zero-order valence-electron chi connectivity index (χ0n) is 13.1. The van der Waals surface area contributed by atoms with Gasteiger partial charge in [-0.05, 0) is 43.7 Å². The van der Waals surface area contributed by atoms with Crippen molar-refractivity contribution in [3.05, 3.63) is 35.3 Å². The molecule has 0 N–H and O–H groups in total. The molecular formula is C17H23N3O. The van der Waals surface area contributed by atoms with Crippen molar-refractivity contribution >= 4 is 11.6 Å². The molecule has 4 nitrogen and oxygen atoms in total. The van der Waals surface area contributed by atoms with Gasteiger partial charge in [-0.1, -0.05) is 19.9 Å². The summed E-state index contributed by atoms with van der Waals surface area (Å²) in [6.07, 6.45) is 4.94. The zero-order valence-corrected chi connectivity index (χ0v) is 13.1. The normalized spacial score (nSPS) is 16.6. The van der Waals surface area contributed by atoms with E-state index in [4.69, 9.17) is 0 Å². The zero-order chi connectivity index (χ0) is 15.0. The predicted octanol–water partition coefficient (Wildman–Crippen LogP) is 3.08. The first-order valence-electron chi connectivity index (χ1n) is 7.87. The van der Waals surface area contributed by atoms with Crippen LogP contribution in [-0.2, 0) is 6.42 Å². The van der Waals surface area contributed by atoms with Crippen molar-refractivity contribution < 1.29 is 4.79 Å². The molecule has 0 radical (unpaired) electrons. The molecule has 3 rings (SSSR count). The van der Waals surface area contributed by atoms with E-state index in [1.807, 2.05) is 34.6 Å². The van der Waals surface area contributed by atoms with E-state index in [0.717, 1.165) is 60.9 Å². The summed E-state index contributed by atoms with van der Waals surface area (Å²) in [6, 6.07) is 4.02. The maximum Gasteiger partial charge on any atom is 0.272 e. The van der Waals surface area contributed by atoms with Crippen LogP contribution < -0.4 is 0 Å². The highest BCUT2D eigenvalue weighted by molar-refractivity contribution is 5.95. The monoisotopic (exact) mass is 285 g/mol. The number of rotatable bonds is 2. The quantitative estimate of drug-likeness (QED) is 0.850. The van der Waals surface area contributed by atoms with Crippen molar-refractivity contribution in [3.63, 3.8) is 0 Å². The number of hydrogen-bond donors (Lipinski definition) is 0. The number of fused-ring (bicyclic) bond motifs is 1. The van der Waals surface area contributed by atoms with E-state index in [1.165, 1.54) is 0 Å². The first kappa shape index (κ1) is 14.1. The van der Waals surface area contributed by atoms with E-state index >= 15 is 0 Å². The number of amides is 1. The molecule has 4 heteroatoms. The number of imidazole rings is 1. The minimum Gasteiger partial charge on any atom is -0.337 e. The Bertz CT molecular complexity index is 666. The van der Waals surface area contributed by atoms with E-state index in [0.29, 0.717) is 0 Å². The van der Waals surface area contributed by atoms with Crippen molar-refractivity contribution in [2.24, 2.45) is 5.92 Å². The topological polar surface area (TPSA) is 37.6 Å². The third-order valence-corrected chi connectivity index (χ3v) is 4.53. The summed E-state index contributed by atoms with van der Waals surface area (Å²) in [5.74, 6) is 0.862. The minimum absolute atomic E-state index is 0.136. The van der Waals surface area contributed by atoms with Gasteiger partial charge in [0, 0.05) is 19.3 Å². The van der Waals surface area contributed by atoms with Gasteiger partial charge in [0.05, 0.1) is 5.69 Å². The van der Waals surface area contributed by atoms with Crippen LogP contribution in [0.25, 0.3) is 5.65 Å². The fraction of sp³-hybridized carbons (Fsp3) is 0.529. The van der Waals surface area contributed by atoms with E-state index in [-0.39, 0.29) is 5.91 Å². The lowest BCUT2D eigenvalue weighted by atomic mass is 9.99. The minimum atomic E-state index is 0.136. The average Bonchev–Trinajstić information content (AvgIpc) is 2.87. The van der Waals surface area contributed by atoms with Crippen LogP contribution in [0.4, 0.5) is 0 Å². The van der Waals surface area contributed by atoms with E-state index in [2.05, 4.69) is 18.8 Å². The number of nitrogens with zero attached hydrogens (tertiary/aromatic N) is 3. The van der Waals surface area contributed by atoms with Gasteiger partial charge in [-0.2, -0.15) is 0 Å². The van der Waals surface area contributed by atoms with Crippen LogP contribution in [0.3, 0.4) is 0 Å². The van der Waals surface area contributed by atoms with Crippen LogP contribution in [-0.4, -0.2) is 33.3 Å². The lowest BCUT2D eigenvalue weighted by Crippen LogP contribution is -2.38. The van der Waals surface area contributed by atoms with Gasteiger partial charge in [0.2, 0.25) is 0 Å². The van der Waals surface area contributed by atoms with Gasteiger partial charge in [0.1, 0.15) is 11.3 Å². The highest BCUT2D eigenvalue weighted by atomic mass is 16.2. The second-order valence-electron chi connectivity index (χ2n) is 6.12. The summed E-state index contributed by atoms with van der Waals surface area (Å²) in [6.45, 7) is 8.09. The van der Waals surface area contributed by atoms with Crippen LogP contribution in [0.1, 0.15) is 48.4 Å². The summed E-state index contributed by atoms with van der Waals surface area (Å²) < 4.78 is 1.97. The number of hydrogen-bond acceptors (Lipinski definition) is 2. The first-order chi connectivity index (χ1) is 10.1. The SMILES string of the molecule is CCc1nc2c(C)cccn2c1C(=O)N1CCC(C)CC1. The Balaban J connectivity index is 2.02. The molecule has 2 aromatic rings. The highest BCUT2D eigenvalue weighted by Crippen LogP contribution is 2.22. The Hall–Kier alpha value is -1.84. The summed E-state index contributed by atoms with van der Waals surface area (Å²) in [7, 11) is 0. The van der Waals surface area contributed by atoms with E-state index < -0.39 is 0 Å². The molecule has 1 aliphatic rings. The molecule has 0 atom stereocenters. The smallest absolute Gasteiger partial charge is 0.272 e. The molecule has 3 heterocycles. The molecule has 1 aliphatic heterocycles. The molecule has 112 valence electrons. The summed E-state index contributed by atoms with van der Waals surface area (Å²) in [4.78, 5) is 19.6. The number of piperidine rings is 1. The standard InChI is InChI=1S/C17H23N3O/c1-4-14-15(17(21)19-10-7-12(2)8-11-19)20-9-5-6-13(3)16(20)18-14/h5-6,9,12H,4,7-8,10-11H2,1-3H3. The molecule has 2 aromatic heterocycles. The molecule has 1 amide bonds. The summed E-state index contributed by atoms with van der Waals surface area (Å²) in [5.41, 5.74) is 3.68. The van der Waals surface area contributed by atoms with Gasteiger partial charge in [0.25, 0.3) is 5.91 Å². The average molecular weight is 285 g/mol. The second-order valence-corrected chi connectivity index (χ2v) is 6.12. The molecular weight excluding hydrogens is 262 g/mol. The third kappa shape index (κ3) is 2.43. The predicted molar refractivity (Wildman–Crippen MR) is 83.6 cm³/mol. The van der Waals surface area contributed by atoms with Crippen LogP contribution in [0.5, 0.6) is 0 Å². The highest BCUT2D eigenvalue weighted by Gasteiger charge is 2.26. The lowest BCUT2D eigenvalue weighted by Gasteiger charge is -2.30. The largest absolute Gasteiger partial charge is 0.337 e. The molecule has 1 saturated heterocycles. The Kier molecular flexibility index (Phi) is 3.70. The van der Waals surface area contributed by atoms with Crippen LogP contribution in [0.15, 0.2) is 18.3 Å². The summed E-state index contributed by atoms with van der Waals surface area (Å²) in [5, 5.41) is 0. The molecule has 0 spiro atoms. The summed E-state index contributed by atoms with van der Waals surface area (Å²) >= 11 is 0. The van der Waals surface area contributed by atoms with E-state index in [9.17, 15) is 4.79 Å². The molecule has 0 unspecified atom stereocenters. The fourth-order valence-corrected chi connectivity index (χ4v) is 3.09. The molecule has 0 bridgehead atoms. The number of aryl methyl sites for hydroxylation is 2. The Morgan fingerprint density at radius 3 is 2.76 bits per heavy atom. The van der Waals surface area contributed by atoms with E-state index in [1.54, 1.807) is 0 Å². The first-order valence-corrected chi connectivity index (χ1v) is 7.87. The second kappa shape index (κ2) is 5.51. The maximum atomic E-state index is 12.9. The van der Waals surface area contributed by atoms with Crippen LogP contribution in [0, 0.1) is 12.8 Å². The number of pyridine rings is 1. The number of likely N-dealkylation sites (tertiary alicyclic amines) is 1. The van der Waals surface area contributed by atoms with Gasteiger partial charge in [-0.3, -0.25) is 9.20 Å². The lowest BCUT2D eigenvalue weighted by molar-refractivity contribution is 0.0689. The van der Waals surface area contributed by atoms with Gasteiger partial charge in [-0.15, -0.1) is 0 Å². The third-order valence-electron chi connectivity index (χ3n) is 4.53. The molecule has 21 heavy (non-hydrogen) atoms. The fourth-order valence-electron chi connectivity index (χ4n) is 3.09. The van der Waals surface area contributed by atoms with Crippen molar-refractivity contribution in [1.29, 1.82) is 0 Å². The maximum absolute atomic E-state index is 12.9. The van der Waals surface area contributed by atoms with Crippen molar-refractivity contribution in [2.45, 2.75) is 40.0 Å². The van der Waals surface area contributed by atoms with Gasteiger partial charge < -0.3 is 4.90 Å². The molecule has 0 aliphatic carbocycles. The Morgan fingerprint density at radius 2 is 2.10 bits per heavy atom. The van der Waals surface area contributed by atoms with Gasteiger partial charge >= 0.3 is 0 Å². The number of carbonyl (C=O) groups is 1. The van der Waals surface area contributed by atoms with Gasteiger partial charge in [-0.25, -0.2) is 4.98 Å². The molecule has 1 fully saturated rings. The van der Waals surface area contributed by atoms with Crippen molar-refractivity contribution in [3.8, 4) is 0 Å². The number of carbonyl (C=O) groups excluding carboxylic acids is 1. The van der Waals surface area contributed by atoms with Crippen molar-refractivity contribution in [1.82, 2.24) is 14.3 Å². The van der Waals surface area contributed by atoms with Crippen LogP contribution in [0.2, 0.25) is 0 Å².